The summed E-state index contributed by atoms with van der Waals surface area (Å²) in [4.78, 5) is 8.89. The monoisotopic (exact) mass is 1060 g/mol. The first-order valence-electron chi connectivity index (χ1n) is 36.2. The summed E-state index contributed by atoms with van der Waals surface area (Å²) in [5, 5.41) is 2.03. The van der Waals surface area contributed by atoms with Crippen LogP contribution in [0.1, 0.15) is 53.7 Å². The molecule has 1 aliphatic heterocycles. The minimum Gasteiger partial charge on any atom is -0.457 e. The second-order valence-corrected chi connectivity index (χ2v) is 20.6. The Morgan fingerprint density at radius 3 is 1.44 bits per heavy atom. The molecule has 5 heteroatoms. The number of benzene rings is 11. The topological polar surface area (TPSA) is 33.5 Å². The van der Waals surface area contributed by atoms with Crippen LogP contribution in [0.15, 0.2) is 285 Å². The maximum Gasteiger partial charge on any atom is 0.137 e. The minimum atomic E-state index is -0.666. The lowest BCUT2D eigenvalue weighted by Gasteiger charge is -2.28. The third-order valence-electron chi connectivity index (χ3n) is 14.5. The SMILES string of the molecule is [2H]c1c([2H])c([2H])c(-c2cc(-c3cccc(-c4cc(-c5c([2H])c([2H])c([2H])c([2H])c5[2H])cc(-c5c([2H])c([2H])c([2H])c([2H])c5[2H])c4)c3N3CN(c4cccc(Oc5ccc6c7ccccc7n(-c7cc(C(C)(C)C)ccn7)c6c5)c4)c4ccccc43)cc(-c3c([2H])c([2H])c([2H])c([2H])c3[2H])c2)c([2H])c1[2H]. The van der Waals surface area contributed by atoms with Crippen molar-refractivity contribution in [2.75, 3.05) is 16.5 Å². The van der Waals surface area contributed by atoms with E-state index in [9.17, 15) is 11.0 Å². The lowest BCUT2D eigenvalue weighted by molar-refractivity contribution is 0.483. The van der Waals surface area contributed by atoms with E-state index in [1.165, 1.54) is 12.1 Å². The van der Waals surface area contributed by atoms with Crippen molar-refractivity contribution in [3.63, 3.8) is 0 Å². The number of ether oxygens (including phenoxy) is 1. The maximum absolute atomic E-state index is 9.25. The van der Waals surface area contributed by atoms with E-state index in [1.807, 2.05) is 101 Å². The Morgan fingerprint density at radius 2 is 0.889 bits per heavy atom. The van der Waals surface area contributed by atoms with Crippen LogP contribution in [0.3, 0.4) is 0 Å². The van der Waals surface area contributed by atoms with Gasteiger partial charge in [0.25, 0.3) is 0 Å². The Kier molecular flexibility index (Phi) is 8.11. The number of aromatic nitrogens is 2. The number of anilines is 4. The van der Waals surface area contributed by atoms with Crippen LogP contribution in [0.2, 0.25) is 0 Å². The van der Waals surface area contributed by atoms with Crippen LogP contribution in [-0.4, -0.2) is 16.2 Å². The fraction of sp³-hybridized carbons (Fsp3) is 0.0658. The van der Waals surface area contributed by atoms with Gasteiger partial charge in [0.15, 0.2) is 0 Å². The third-order valence-corrected chi connectivity index (χ3v) is 14.5. The largest absolute Gasteiger partial charge is 0.457 e. The Bertz CT molecular complexity index is 5220. The summed E-state index contributed by atoms with van der Waals surface area (Å²) in [5.41, 5.74) is 5.26. The van der Waals surface area contributed by atoms with Crippen molar-refractivity contribution in [3.05, 3.63) is 290 Å². The first kappa shape index (κ1) is 32.0. The predicted molar refractivity (Wildman–Crippen MR) is 338 cm³/mol. The highest BCUT2D eigenvalue weighted by Crippen LogP contribution is 2.52. The van der Waals surface area contributed by atoms with Crippen molar-refractivity contribution < 1.29 is 32.2 Å². The van der Waals surface area contributed by atoms with E-state index in [0.717, 1.165) is 33.2 Å². The van der Waals surface area contributed by atoms with Gasteiger partial charge in [-0.3, -0.25) is 4.57 Å². The van der Waals surface area contributed by atoms with E-state index in [0.29, 0.717) is 45.4 Å². The second-order valence-electron chi connectivity index (χ2n) is 20.6. The van der Waals surface area contributed by atoms with Gasteiger partial charge in [0.2, 0.25) is 0 Å². The molecule has 5 nitrogen and oxygen atoms in total. The number of pyridine rings is 1. The number of rotatable bonds is 11. The van der Waals surface area contributed by atoms with Crippen LogP contribution in [0.5, 0.6) is 11.5 Å². The molecule has 0 amide bonds. The molecule has 81 heavy (non-hydrogen) atoms. The molecule has 388 valence electrons. The molecule has 0 radical (unpaired) electrons. The summed E-state index contributed by atoms with van der Waals surface area (Å²) < 4.78 is 187. The quantitative estimate of drug-likeness (QED) is 0.129. The number of para-hydroxylation sites is 4. The molecule has 11 aromatic carbocycles. The van der Waals surface area contributed by atoms with Crippen molar-refractivity contribution in [2.24, 2.45) is 0 Å². The summed E-state index contributed by atoms with van der Waals surface area (Å²) in [6.45, 7) is 6.48. The lowest BCUT2D eigenvalue weighted by Crippen LogP contribution is -2.25. The predicted octanol–water partition coefficient (Wildman–Crippen LogP) is 20.5. The van der Waals surface area contributed by atoms with Gasteiger partial charge < -0.3 is 14.5 Å². The summed E-state index contributed by atoms with van der Waals surface area (Å²) in [6.07, 6.45) is 1.82. The fourth-order valence-electron chi connectivity index (χ4n) is 10.8. The Labute approximate surface area is 502 Å². The molecule has 0 fully saturated rings. The van der Waals surface area contributed by atoms with E-state index in [1.54, 1.807) is 42.5 Å². The fourth-order valence-corrected chi connectivity index (χ4v) is 10.8. The van der Waals surface area contributed by atoms with Crippen LogP contribution in [0.25, 0.3) is 94.4 Å². The molecule has 0 spiro atoms. The van der Waals surface area contributed by atoms with E-state index in [-0.39, 0.29) is 67.7 Å². The van der Waals surface area contributed by atoms with Crippen LogP contribution in [-0.2, 0) is 5.41 Å². The molecule has 0 saturated carbocycles. The van der Waals surface area contributed by atoms with Crippen molar-refractivity contribution in [1.82, 2.24) is 9.55 Å². The van der Waals surface area contributed by atoms with Gasteiger partial charge in [0.05, 0.1) is 55.5 Å². The molecular weight excluding hydrogens is 985 g/mol. The highest BCUT2D eigenvalue weighted by atomic mass is 16.5. The normalized spacial score (nSPS) is 15.7. The summed E-state index contributed by atoms with van der Waals surface area (Å²) in [6, 6.07) is 35.0. The van der Waals surface area contributed by atoms with Crippen molar-refractivity contribution in [2.45, 2.75) is 26.2 Å². The van der Waals surface area contributed by atoms with Crippen LogP contribution in [0.4, 0.5) is 22.7 Å². The van der Waals surface area contributed by atoms with Crippen LogP contribution in [0, 0.1) is 0 Å². The number of fused-ring (bicyclic) bond motifs is 4. The van der Waals surface area contributed by atoms with E-state index >= 15 is 0 Å². The molecule has 2 aromatic heterocycles. The maximum atomic E-state index is 9.25. The molecule has 14 rings (SSSR count). The van der Waals surface area contributed by atoms with E-state index in [4.69, 9.17) is 26.2 Å². The smallest absolute Gasteiger partial charge is 0.137 e. The molecule has 0 bridgehead atoms. The zero-order valence-electron chi connectivity index (χ0n) is 64.0. The van der Waals surface area contributed by atoms with Gasteiger partial charge in [-0.15, -0.1) is 0 Å². The highest BCUT2D eigenvalue weighted by Gasteiger charge is 2.32. The Balaban J connectivity index is 1.01. The van der Waals surface area contributed by atoms with Gasteiger partial charge in [-0.2, -0.15) is 0 Å². The van der Waals surface area contributed by atoms with Gasteiger partial charge in [-0.05, 0) is 158 Å². The van der Waals surface area contributed by atoms with Gasteiger partial charge >= 0.3 is 0 Å². The average Bonchev–Trinajstić information content (AvgIpc) is 1.74. The molecule has 1 aliphatic rings. The first-order valence-corrected chi connectivity index (χ1v) is 26.2. The van der Waals surface area contributed by atoms with Crippen molar-refractivity contribution >= 4 is 44.6 Å². The molecule has 0 aliphatic carbocycles. The van der Waals surface area contributed by atoms with Gasteiger partial charge in [-0.1, -0.05) is 196 Å². The summed E-state index contributed by atoms with van der Waals surface area (Å²) in [5.74, 6) is 1.76. The zero-order valence-corrected chi connectivity index (χ0v) is 44.0. The number of hydrogen-bond donors (Lipinski definition) is 0. The highest BCUT2D eigenvalue weighted by molar-refractivity contribution is 6.09. The molecule has 0 unspecified atom stereocenters. The number of hydrogen-bond acceptors (Lipinski definition) is 4. The first-order chi connectivity index (χ1) is 48.0. The van der Waals surface area contributed by atoms with E-state index < -0.39 is 121 Å². The van der Waals surface area contributed by atoms with Crippen LogP contribution < -0.4 is 14.5 Å². The zero-order chi connectivity index (χ0) is 71.8. The summed E-state index contributed by atoms with van der Waals surface area (Å²) in [7, 11) is 0. The van der Waals surface area contributed by atoms with Gasteiger partial charge in [-0.25, -0.2) is 4.98 Å². The molecule has 3 heterocycles. The minimum absolute atomic E-state index is 0.0107. The average molecular weight is 1060 g/mol. The van der Waals surface area contributed by atoms with Crippen molar-refractivity contribution in [1.29, 1.82) is 0 Å². The molecule has 13 aromatic rings. The van der Waals surface area contributed by atoms with Gasteiger partial charge in [0, 0.05) is 45.9 Å². The Morgan fingerprint density at radius 1 is 0.407 bits per heavy atom. The van der Waals surface area contributed by atoms with Gasteiger partial charge in [0.1, 0.15) is 24.0 Å². The molecule has 0 N–H and O–H groups in total. The third kappa shape index (κ3) is 9.39. The Hall–Kier alpha value is -10.2. The van der Waals surface area contributed by atoms with Crippen molar-refractivity contribution in [3.8, 4) is 84.1 Å². The molecular formula is C76H58N4O. The molecule has 0 atom stereocenters. The van der Waals surface area contributed by atoms with Crippen LogP contribution >= 0.6 is 0 Å². The second kappa shape index (κ2) is 20.5. The number of nitrogens with zero attached hydrogens (tertiary/aromatic N) is 4. The van der Waals surface area contributed by atoms with E-state index in [2.05, 4.69) is 43.5 Å². The summed E-state index contributed by atoms with van der Waals surface area (Å²) >= 11 is 0. The molecule has 0 saturated heterocycles. The lowest BCUT2D eigenvalue weighted by atomic mass is 9.88. The standard InChI is InChI=1S/C76H58N4O/c1-76(2,3)62-40-41-77-74(48-62)80-70-35-17-16-32-68(70)69-39-38-65(50-73(69)80)81-64-31-20-30-63(49-64)78-51-79(72-37-19-18-36-71(72)78)75-66(60-44-56(52-22-8-4-9-23-52)42-57(45-60)53-24-10-5-11-25-53)33-21-34-67(75)61-46-58(54-26-12-6-13-27-54)43-59(47-61)55-28-14-7-15-29-55/h4-50H,51H2,1-3H3/i4D,5D,6D,7D,8D,9D,10D,11D,12D,13D,14D,15D,22D,23D,24D,25D,26D,27D,28D,29D.